The minimum Gasteiger partial charge on any atom is -0.336 e. The number of quaternary nitrogens is 1. The van der Waals surface area contributed by atoms with Gasteiger partial charge in [0.25, 0.3) is 11.8 Å². The van der Waals surface area contributed by atoms with E-state index in [1.54, 1.807) is 18.8 Å². The van der Waals surface area contributed by atoms with E-state index < -0.39 is 0 Å². The van der Waals surface area contributed by atoms with Gasteiger partial charge in [-0.05, 0) is 18.4 Å². The fraction of sp³-hybridized carbons (Fsp3) is 0.400. The highest BCUT2D eigenvalue weighted by atomic mass is 32.2. The molecule has 0 spiro atoms. The lowest BCUT2D eigenvalue weighted by Crippen LogP contribution is -3.11. The van der Waals surface area contributed by atoms with E-state index in [9.17, 15) is 14.4 Å². The van der Waals surface area contributed by atoms with E-state index in [2.05, 4.69) is 10.6 Å². The van der Waals surface area contributed by atoms with Gasteiger partial charge in [0.2, 0.25) is 0 Å². The number of carbonyl (C=O) groups is 3. The minimum atomic E-state index is -0.360. The molecule has 1 unspecified atom stereocenters. The quantitative estimate of drug-likeness (QED) is 0.606. The SMILES string of the molecule is CSc1ccccc1NC(=O)C[NH+](C)CC(=O)N1CCNC1=O. The van der Waals surface area contributed by atoms with Crippen LogP contribution in [0.5, 0.6) is 0 Å². The van der Waals surface area contributed by atoms with Crippen molar-refractivity contribution >= 4 is 35.3 Å². The summed E-state index contributed by atoms with van der Waals surface area (Å²) in [6, 6.07) is 7.20. The molecule has 1 heterocycles. The molecule has 1 saturated heterocycles. The molecule has 1 aliphatic rings. The third kappa shape index (κ3) is 4.70. The number of carbonyl (C=O) groups excluding carboxylic acids is 3. The molecule has 1 atom stereocenters. The molecule has 4 amide bonds. The predicted octanol–water partition coefficient (Wildman–Crippen LogP) is -0.586. The van der Waals surface area contributed by atoms with Gasteiger partial charge in [-0.2, -0.15) is 0 Å². The highest BCUT2D eigenvalue weighted by Gasteiger charge is 2.28. The summed E-state index contributed by atoms with van der Waals surface area (Å²) >= 11 is 1.56. The van der Waals surface area contributed by atoms with E-state index in [1.165, 1.54) is 4.90 Å². The van der Waals surface area contributed by atoms with Crippen LogP contribution in [0.2, 0.25) is 0 Å². The van der Waals surface area contributed by atoms with Crippen molar-refractivity contribution < 1.29 is 19.3 Å². The third-order valence-corrected chi connectivity index (χ3v) is 4.25. The van der Waals surface area contributed by atoms with Crippen LogP contribution in [-0.4, -0.2) is 62.2 Å². The molecule has 0 aromatic heterocycles. The summed E-state index contributed by atoms with van der Waals surface area (Å²) in [4.78, 5) is 38.5. The first-order chi connectivity index (χ1) is 11.0. The molecule has 0 aliphatic carbocycles. The molecule has 1 fully saturated rings. The van der Waals surface area contributed by atoms with Crippen molar-refractivity contribution in [2.45, 2.75) is 4.90 Å². The van der Waals surface area contributed by atoms with Crippen LogP contribution >= 0.6 is 11.8 Å². The van der Waals surface area contributed by atoms with Crippen LogP contribution < -0.4 is 15.5 Å². The number of anilines is 1. The minimum absolute atomic E-state index is 0.102. The fourth-order valence-electron chi connectivity index (χ4n) is 2.34. The molecular formula is C15H21N4O3S+. The second-order valence-electron chi connectivity index (χ2n) is 5.34. The van der Waals surface area contributed by atoms with E-state index in [0.29, 0.717) is 13.1 Å². The lowest BCUT2D eigenvalue weighted by Gasteiger charge is -2.17. The van der Waals surface area contributed by atoms with Crippen LogP contribution in [0.1, 0.15) is 0 Å². The largest absolute Gasteiger partial charge is 0.336 e. The Hall–Kier alpha value is -2.06. The number of hydrogen-bond acceptors (Lipinski definition) is 4. The predicted molar refractivity (Wildman–Crippen MR) is 88.6 cm³/mol. The van der Waals surface area contributed by atoms with Crippen molar-refractivity contribution in [3.8, 4) is 0 Å². The maximum atomic E-state index is 12.1. The van der Waals surface area contributed by atoms with Gasteiger partial charge in [0.05, 0.1) is 12.7 Å². The number of thioether (sulfide) groups is 1. The zero-order valence-corrected chi connectivity index (χ0v) is 14.0. The van der Waals surface area contributed by atoms with Crippen molar-refractivity contribution in [2.24, 2.45) is 0 Å². The number of para-hydroxylation sites is 1. The van der Waals surface area contributed by atoms with Gasteiger partial charge < -0.3 is 15.5 Å². The van der Waals surface area contributed by atoms with Crippen LogP contribution in [0.15, 0.2) is 29.2 Å². The first kappa shape index (κ1) is 17.3. The molecule has 1 aromatic rings. The molecule has 0 radical (unpaired) electrons. The maximum Gasteiger partial charge on any atom is 0.324 e. The van der Waals surface area contributed by atoms with E-state index in [0.717, 1.165) is 15.5 Å². The number of urea groups is 1. The summed E-state index contributed by atoms with van der Waals surface area (Å²) in [5.74, 6) is -0.433. The Morgan fingerprint density at radius 3 is 2.74 bits per heavy atom. The van der Waals surface area contributed by atoms with Crippen molar-refractivity contribution in [2.75, 3.05) is 44.8 Å². The average Bonchev–Trinajstić information content (AvgIpc) is 2.93. The fourth-order valence-corrected chi connectivity index (χ4v) is 2.90. The van der Waals surface area contributed by atoms with Crippen molar-refractivity contribution in [3.05, 3.63) is 24.3 Å². The number of benzene rings is 1. The molecule has 1 aromatic carbocycles. The Balaban J connectivity index is 1.85. The average molecular weight is 337 g/mol. The molecule has 1 aliphatic heterocycles. The molecule has 0 bridgehead atoms. The van der Waals surface area contributed by atoms with Crippen molar-refractivity contribution in [1.82, 2.24) is 10.2 Å². The van der Waals surface area contributed by atoms with Crippen LogP contribution in [0.3, 0.4) is 0 Å². The Kier molecular flexibility index (Phi) is 6.00. The number of amides is 4. The zero-order valence-electron chi connectivity index (χ0n) is 13.2. The summed E-state index contributed by atoms with van der Waals surface area (Å²) in [5.41, 5.74) is 0.767. The second-order valence-corrected chi connectivity index (χ2v) is 6.18. The van der Waals surface area contributed by atoms with Gasteiger partial charge in [-0.25, -0.2) is 4.79 Å². The van der Waals surface area contributed by atoms with E-state index in [4.69, 9.17) is 0 Å². The molecule has 23 heavy (non-hydrogen) atoms. The Morgan fingerprint density at radius 2 is 2.09 bits per heavy atom. The number of nitrogens with zero attached hydrogens (tertiary/aromatic N) is 1. The number of nitrogens with one attached hydrogen (secondary N) is 3. The topological polar surface area (TPSA) is 82.9 Å². The molecule has 7 nitrogen and oxygen atoms in total. The molecule has 124 valence electrons. The number of likely N-dealkylation sites (N-methyl/N-ethyl adjacent to an activating group) is 1. The first-order valence-electron chi connectivity index (χ1n) is 7.33. The zero-order chi connectivity index (χ0) is 16.8. The van der Waals surface area contributed by atoms with Gasteiger partial charge in [-0.1, -0.05) is 12.1 Å². The molecule has 3 N–H and O–H groups in total. The highest BCUT2D eigenvalue weighted by Crippen LogP contribution is 2.24. The van der Waals surface area contributed by atoms with Gasteiger partial charge in [-0.3, -0.25) is 14.5 Å². The highest BCUT2D eigenvalue weighted by molar-refractivity contribution is 7.98. The van der Waals surface area contributed by atoms with E-state index >= 15 is 0 Å². The number of imide groups is 1. The maximum absolute atomic E-state index is 12.1. The number of hydrogen-bond donors (Lipinski definition) is 3. The molecule has 2 rings (SSSR count). The summed E-state index contributed by atoms with van der Waals surface area (Å²) in [7, 11) is 1.76. The summed E-state index contributed by atoms with van der Waals surface area (Å²) in [6.07, 6.45) is 1.95. The van der Waals surface area contributed by atoms with Crippen LogP contribution in [0.4, 0.5) is 10.5 Å². The third-order valence-electron chi connectivity index (χ3n) is 3.45. The van der Waals surface area contributed by atoms with Crippen LogP contribution in [0, 0.1) is 0 Å². The van der Waals surface area contributed by atoms with E-state index in [-0.39, 0.29) is 30.9 Å². The van der Waals surface area contributed by atoms with Crippen molar-refractivity contribution in [1.29, 1.82) is 0 Å². The van der Waals surface area contributed by atoms with Gasteiger partial charge in [0, 0.05) is 18.0 Å². The smallest absolute Gasteiger partial charge is 0.324 e. The molecule has 0 saturated carbocycles. The second kappa shape index (κ2) is 7.98. The molecule has 8 heteroatoms. The van der Waals surface area contributed by atoms with Gasteiger partial charge in [0.1, 0.15) is 0 Å². The Bertz CT molecular complexity index is 608. The van der Waals surface area contributed by atoms with Crippen molar-refractivity contribution in [3.63, 3.8) is 0 Å². The van der Waals surface area contributed by atoms with Gasteiger partial charge in [0.15, 0.2) is 13.1 Å². The summed E-state index contributed by atoms with van der Waals surface area (Å²) in [6.45, 7) is 1.13. The molecular weight excluding hydrogens is 316 g/mol. The lowest BCUT2D eigenvalue weighted by atomic mass is 10.3. The monoisotopic (exact) mass is 337 g/mol. The van der Waals surface area contributed by atoms with Crippen LogP contribution in [-0.2, 0) is 9.59 Å². The van der Waals surface area contributed by atoms with Gasteiger partial charge in [-0.15, -0.1) is 11.8 Å². The lowest BCUT2D eigenvalue weighted by molar-refractivity contribution is -0.862. The summed E-state index contributed by atoms with van der Waals surface area (Å²) < 4.78 is 0. The Labute approximate surface area is 139 Å². The normalized spacial score (nSPS) is 15.2. The Morgan fingerprint density at radius 1 is 1.35 bits per heavy atom. The summed E-state index contributed by atoms with van der Waals surface area (Å²) in [5, 5.41) is 5.44. The first-order valence-corrected chi connectivity index (χ1v) is 8.56. The standard InChI is InChI=1S/C15H20N4O3S/c1-18(10-14(21)19-8-7-16-15(19)22)9-13(20)17-11-5-3-4-6-12(11)23-2/h3-6H,7-10H2,1-2H3,(H,16,22)(H,17,20)/p+1. The number of rotatable bonds is 6. The van der Waals surface area contributed by atoms with Crippen LogP contribution in [0.25, 0.3) is 0 Å². The van der Waals surface area contributed by atoms with Gasteiger partial charge >= 0.3 is 6.03 Å². The van der Waals surface area contributed by atoms with E-state index in [1.807, 2.05) is 30.5 Å².